The van der Waals surface area contributed by atoms with Gasteiger partial charge < -0.3 is 19.9 Å². The number of hydrogen-bond acceptors (Lipinski definition) is 6. The van der Waals surface area contributed by atoms with Crippen molar-refractivity contribution in [2.24, 2.45) is 5.41 Å². The summed E-state index contributed by atoms with van der Waals surface area (Å²) in [6.45, 7) is 4.94. The molecular weight excluding hydrogens is 248 g/mol. The van der Waals surface area contributed by atoms with Crippen LogP contribution in [-0.4, -0.2) is 42.4 Å². The number of hydrogen-bond donors (Lipinski definition) is 2. The van der Waals surface area contributed by atoms with Gasteiger partial charge in [-0.2, -0.15) is 4.98 Å². The van der Waals surface area contributed by atoms with Crippen LogP contribution in [0, 0.1) is 5.41 Å². The van der Waals surface area contributed by atoms with Crippen LogP contribution in [0.4, 0.5) is 0 Å². The number of nitrogens with one attached hydrogen (secondary N) is 2. The van der Waals surface area contributed by atoms with Crippen LogP contribution in [0.2, 0.25) is 0 Å². The molecule has 0 radical (unpaired) electrons. The molecule has 1 aromatic rings. The van der Waals surface area contributed by atoms with E-state index < -0.39 is 0 Å². The first-order valence-electron chi connectivity index (χ1n) is 6.59. The third-order valence-corrected chi connectivity index (χ3v) is 3.58. The van der Waals surface area contributed by atoms with Crippen LogP contribution in [0.5, 0.6) is 0 Å². The lowest BCUT2D eigenvalue weighted by atomic mass is 9.89. The molecule has 1 aromatic heterocycles. The van der Waals surface area contributed by atoms with Crippen molar-refractivity contribution in [1.82, 2.24) is 20.8 Å². The van der Waals surface area contributed by atoms with Gasteiger partial charge in [-0.25, -0.2) is 0 Å². The Hall–Kier alpha value is -1.47. The van der Waals surface area contributed by atoms with Crippen LogP contribution in [0.15, 0.2) is 4.52 Å². The molecule has 2 fully saturated rings. The van der Waals surface area contributed by atoms with Crippen LogP contribution < -0.4 is 10.6 Å². The zero-order valence-corrected chi connectivity index (χ0v) is 10.9. The van der Waals surface area contributed by atoms with Crippen molar-refractivity contribution in [3.05, 3.63) is 11.7 Å². The quantitative estimate of drug-likeness (QED) is 0.812. The molecule has 19 heavy (non-hydrogen) atoms. The minimum Gasteiger partial charge on any atom is -0.380 e. The SMILES string of the molecule is CC1(CNC(=O)c2noc(C3CCCN3)n2)COC1. The summed E-state index contributed by atoms with van der Waals surface area (Å²) in [6.07, 6.45) is 2.06. The molecule has 0 aromatic carbocycles. The van der Waals surface area contributed by atoms with E-state index in [-0.39, 0.29) is 23.2 Å². The first-order valence-corrected chi connectivity index (χ1v) is 6.59. The summed E-state index contributed by atoms with van der Waals surface area (Å²) < 4.78 is 10.3. The molecule has 1 atom stereocenters. The monoisotopic (exact) mass is 266 g/mol. The Labute approximate surface area is 111 Å². The van der Waals surface area contributed by atoms with E-state index in [1.807, 2.05) is 0 Å². The number of ether oxygens (including phenoxy) is 1. The summed E-state index contributed by atoms with van der Waals surface area (Å²) in [5.74, 6) is 0.314. The number of aromatic nitrogens is 2. The van der Waals surface area contributed by atoms with Crippen LogP contribution >= 0.6 is 0 Å². The Balaban J connectivity index is 1.57. The highest BCUT2D eigenvalue weighted by Crippen LogP contribution is 2.25. The average molecular weight is 266 g/mol. The van der Waals surface area contributed by atoms with Crippen LogP contribution in [0.25, 0.3) is 0 Å². The molecule has 7 nitrogen and oxygen atoms in total. The third kappa shape index (κ3) is 2.62. The van der Waals surface area contributed by atoms with Gasteiger partial charge in [0.05, 0.1) is 19.3 Å². The second-order valence-electron chi connectivity index (χ2n) is 5.59. The largest absolute Gasteiger partial charge is 0.380 e. The van der Waals surface area contributed by atoms with E-state index in [0.29, 0.717) is 25.6 Å². The van der Waals surface area contributed by atoms with E-state index in [1.165, 1.54) is 0 Å². The summed E-state index contributed by atoms with van der Waals surface area (Å²) in [5.41, 5.74) is 0.0369. The molecule has 3 rings (SSSR count). The number of amides is 1. The second-order valence-corrected chi connectivity index (χ2v) is 5.59. The van der Waals surface area contributed by atoms with Crippen molar-refractivity contribution in [1.29, 1.82) is 0 Å². The molecule has 3 heterocycles. The van der Waals surface area contributed by atoms with Crippen molar-refractivity contribution in [3.8, 4) is 0 Å². The Morgan fingerprint density at radius 2 is 2.42 bits per heavy atom. The number of rotatable bonds is 4. The molecule has 0 saturated carbocycles. The zero-order chi connectivity index (χ0) is 13.3. The van der Waals surface area contributed by atoms with Gasteiger partial charge in [-0.05, 0) is 19.4 Å². The fourth-order valence-electron chi connectivity index (χ4n) is 2.29. The molecule has 2 aliphatic rings. The third-order valence-electron chi connectivity index (χ3n) is 3.58. The summed E-state index contributed by atoms with van der Waals surface area (Å²) in [4.78, 5) is 16.1. The van der Waals surface area contributed by atoms with Gasteiger partial charge in [-0.1, -0.05) is 12.1 Å². The molecule has 1 amide bonds. The number of carbonyl (C=O) groups is 1. The van der Waals surface area contributed by atoms with Crippen molar-refractivity contribution >= 4 is 5.91 Å². The minimum absolute atomic E-state index is 0.0369. The van der Waals surface area contributed by atoms with E-state index >= 15 is 0 Å². The average Bonchev–Trinajstić information content (AvgIpc) is 3.02. The van der Waals surface area contributed by atoms with E-state index in [9.17, 15) is 4.79 Å². The molecule has 7 heteroatoms. The maximum absolute atomic E-state index is 11.9. The standard InChI is InChI=1S/C12H18N4O3/c1-12(6-18-7-12)5-14-10(17)9-15-11(19-16-9)8-3-2-4-13-8/h8,13H,2-7H2,1H3,(H,14,17). The van der Waals surface area contributed by atoms with Gasteiger partial charge in [0.1, 0.15) is 0 Å². The van der Waals surface area contributed by atoms with Gasteiger partial charge in [0, 0.05) is 12.0 Å². The molecule has 2 saturated heterocycles. The smallest absolute Gasteiger partial charge is 0.292 e. The number of nitrogens with zero attached hydrogens (tertiary/aromatic N) is 2. The lowest BCUT2D eigenvalue weighted by molar-refractivity contribution is -0.0978. The van der Waals surface area contributed by atoms with Crippen molar-refractivity contribution in [2.75, 3.05) is 26.3 Å². The second kappa shape index (κ2) is 4.90. The molecule has 1 unspecified atom stereocenters. The van der Waals surface area contributed by atoms with Crippen molar-refractivity contribution in [3.63, 3.8) is 0 Å². The molecule has 0 bridgehead atoms. The Kier molecular flexibility index (Phi) is 3.24. The number of carbonyl (C=O) groups excluding carboxylic acids is 1. The predicted molar refractivity (Wildman–Crippen MR) is 65.5 cm³/mol. The lowest BCUT2D eigenvalue weighted by Crippen LogP contribution is -2.48. The van der Waals surface area contributed by atoms with Gasteiger partial charge in [0.15, 0.2) is 0 Å². The summed E-state index contributed by atoms with van der Waals surface area (Å²) >= 11 is 0. The highest BCUT2D eigenvalue weighted by atomic mass is 16.5. The van der Waals surface area contributed by atoms with Crippen LogP contribution in [0.3, 0.4) is 0 Å². The summed E-state index contributed by atoms with van der Waals surface area (Å²) in [6, 6.07) is 0.0894. The van der Waals surface area contributed by atoms with E-state index in [2.05, 4.69) is 27.7 Å². The highest BCUT2D eigenvalue weighted by Gasteiger charge is 2.34. The van der Waals surface area contributed by atoms with Gasteiger partial charge in [0.2, 0.25) is 5.89 Å². The molecular formula is C12H18N4O3. The predicted octanol–water partition coefficient (Wildman–Crippen LogP) is 0.260. The molecule has 0 aliphatic carbocycles. The van der Waals surface area contributed by atoms with Crippen molar-refractivity contribution < 1.29 is 14.1 Å². The van der Waals surface area contributed by atoms with Gasteiger partial charge in [-0.15, -0.1) is 0 Å². The van der Waals surface area contributed by atoms with Gasteiger partial charge >= 0.3 is 0 Å². The Bertz CT molecular complexity index is 463. The van der Waals surface area contributed by atoms with Gasteiger partial charge in [-0.3, -0.25) is 4.79 Å². The van der Waals surface area contributed by atoms with E-state index in [4.69, 9.17) is 9.26 Å². The first-order chi connectivity index (χ1) is 9.16. The van der Waals surface area contributed by atoms with Crippen molar-refractivity contribution in [2.45, 2.75) is 25.8 Å². The first kappa shape index (κ1) is 12.6. The minimum atomic E-state index is -0.291. The maximum atomic E-state index is 11.9. The lowest BCUT2D eigenvalue weighted by Gasteiger charge is -2.37. The Morgan fingerprint density at radius 3 is 3.05 bits per heavy atom. The highest BCUT2D eigenvalue weighted by molar-refractivity contribution is 5.90. The molecule has 2 aliphatic heterocycles. The van der Waals surface area contributed by atoms with Gasteiger partial charge in [0.25, 0.3) is 11.7 Å². The van der Waals surface area contributed by atoms with Crippen LogP contribution in [-0.2, 0) is 4.74 Å². The van der Waals surface area contributed by atoms with E-state index in [0.717, 1.165) is 19.4 Å². The maximum Gasteiger partial charge on any atom is 0.292 e. The molecule has 2 N–H and O–H groups in total. The zero-order valence-electron chi connectivity index (χ0n) is 10.9. The van der Waals surface area contributed by atoms with E-state index in [1.54, 1.807) is 0 Å². The summed E-state index contributed by atoms with van der Waals surface area (Å²) in [5, 5.41) is 9.81. The fraction of sp³-hybridized carbons (Fsp3) is 0.750. The topological polar surface area (TPSA) is 89.3 Å². The normalized spacial score (nSPS) is 25.0. The Morgan fingerprint density at radius 1 is 1.58 bits per heavy atom. The summed E-state index contributed by atoms with van der Waals surface area (Å²) in [7, 11) is 0. The van der Waals surface area contributed by atoms with Crippen LogP contribution in [0.1, 0.15) is 42.3 Å². The molecule has 104 valence electrons. The fourth-order valence-corrected chi connectivity index (χ4v) is 2.29. The molecule has 0 spiro atoms.